The van der Waals surface area contributed by atoms with E-state index in [4.69, 9.17) is 4.98 Å². The van der Waals surface area contributed by atoms with Gasteiger partial charge in [-0.15, -0.1) is 0 Å². The number of hydrogen-bond donors (Lipinski definition) is 2. The monoisotopic (exact) mass is 452 g/mol. The van der Waals surface area contributed by atoms with E-state index in [-0.39, 0.29) is 11.7 Å². The Morgan fingerprint density at radius 2 is 1.72 bits per heavy atom. The summed E-state index contributed by atoms with van der Waals surface area (Å²) in [4.78, 5) is 17.8. The zero-order valence-corrected chi connectivity index (χ0v) is 19.0. The molecular weight excluding hydrogens is 424 g/mol. The van der Waals surface area contributed by atoms with Crippen LogP contribution in [-0.4, -0.2) is 30.9 Å². The van der Waals surface area contributed by atoms with Crippen LogP contribution < -0.4 is 10.0 Å². The fourth-order valence-electron chi connectivity index (χ4n) is 4.02. The number of hydrogen-bond acceptors (Lipinski definition) is 4. The van der Waals surface area contributed by atoms with E-state index in [0.717, 1.165) is 54.9 Å². The van der Waals surface area contributed by atoms with Crippen molar-refractivity contribution in [2.75, 3.05) is 7.05 Å². The molecule has 1 aliphatic rings. The number of imidazole rings is 1. The minimum Gasteiger partial charge on any atom is -0.347 e. The molecule has 168 valence electrons. The molecule has 32 heavy (non-hydrogen) atoms. The van der Waals surface area contributed by atoms with Crippen LogP contribution in [0.2, 0.25) is 0 Å². The van der Waals surface area contributed by atoms with Crippen LogP contribution >= 0.6 is 0 Å². The van der Waals surface area contributed by atoms with E-state index in [9.17, 15) is 13.2 Å². The largest absolute Gasteiger partial charge is 0.347 e. The van der Waals surface area contributed by atoms with Crippen LogP contribution in [0.25, 0.3) is 11.4 Å². The quantitative estimate of drug-likeness (QED) is 0.575. The van der Waals surface area contributed by atoms with Gasteiger partial charge < -0.3 is 9.88 Å². The Labute approximate surface area is 188 Å². The molecule has 1 amide bonds. The summed E-state index contributed by atoms with van der Waals surface area (Å²) in [5.74, 6) is 0.599. The average Bonchev–Trinajstić information content (AvgIpc) is 2.99. The predicted molar refractivity (Wildman–Crippen MR) is 125 cm³/mol. The third kappa shape index (κ3) is 5.08. The highest BCUT2D eigenvalue weighted by Gasteiger charge is 2.24. The fourth-order valence-corrected chi connectivity index (χ4v) is 4.80. The number of aromatic nitrogens is 2. The lowest BCUT2D eigenvalue weighted by atomic mass is 10.1. The van der Waals surface area contributed by atoms with Crippen LogP contribution in [0, 0.1) is 0 Å². The zero-order chi connectivity index (χ0) is 22.6. The van der Waals surface area contributed by atoms with Crippen LogP contribution in [0.3, 0.4) is 0 Å². The van der Waals surface area contributed by atoms with E-state index in [0.29, 0.717) is 17.8 Å². The van der Waals surface area contributed by atoms with Gasteiger partial charge in [0.15, 0.2) is 0 Å². The number of carbonyl (C=O) groups excluding carboxylic acids is 1. The molecule has 0 saturated carbocycles. The molecule has 1 aromatic heterocycles. The number of amides is 1. The Kier molecular flexibility index (Phi) is 6.72. The van der Waals surface area contributed by atoms with Crippen molar-refractivity contribution in [2.24, 2.45) is 0 Å². The number of sulfonamides is 1. The lowest BCUT2D eigenvalue weighted by Gasteiger charge is -2.09. The summed E-state index contributed by atoms with van der Waals surface area (Å²) in [5, 5.41) is 2.98. The van der Waals surface area contributed by atoms with Crippen molar-refractivity contribution in [3.8, 4) is 11.4 Å². The number of nitrogens with zero attached hydrogens (tertiary/aromatic N) is 2. The number of fused-ring (bicyclic) bond motifs is 1. The van der Waals surface area contributed by atoms with Crippen molar-refractivity contribution in [3.63, 3.8) is 0 Å². The predicted octanol–water partition coefficient (Wildman–Crippen LogP) is 3.26. The molecule has 0 unspecified atom stereocenters. The van der Waals surface area contributed by atoms with E-state index >= 15 is 0 Å². The molecule has 4 rings (SSSR count). The number of carbonyl (C=O) groups is 1. The first-order chi connectivity index (χ1) is 15.5. The van der Waals surface area contributed by atoms with E-state index in [1.165, 1.54) is 7.05 Å². The van der Waals surface area contributed by atoms with Gasteiger partial charge in [-0.2, -0.15) is 0 Å². The maximum atomic E-state index is 13.1. The van der Waals surface area contributed by atoms with Crippen molar-refractivity contribution in [2.45, 2.75) is 44.5 Å². The van der Waals surface area contributed by atoms with Crippen molar-refractivity contribution in [3.05, 3.63) is 77.1 Å². The normalized spacial score (nSPS) is 13.9. The van der Waals surface area contributed by atoms with E-state index < -0.39 is 10.0 Å². The van der Waals surface area contributed by atoms with Crippen LogP contribution in [0.5, 0.6) is 0 Å². The lowest BCUT2D eigenvalue weighted by molar-refractivity contribution is 0.0945. The summed E-state index contributed by atoms with van der Waals surface area (Å²) in [7, 11) is -1.91. The molecule has 0 fully saturated rings. The van der Waals surface area contributed by atoms with Crippen LogP contribution in [0.15, 0.2) is 54.6 Å². The van der Waals surface area contributed by atoms with Gasteiger partial charge in [0, 0.05) is 18.7 Å². The van der Waals surface area contributed by atoms with Crippen molar-refractivity contribution in [1.82, 2.24) is 19.6 Å². The molecule has 2 aromatic carbocycles. The van der Waals surface area contributed by atoms with Gasteiger partial charge in [0.05, 0.1) is 11.4 Å². The van der Waals surface area contributed by atoms with Crippen molar-refractivity contribution >= 4 is 15.9 Å². The van der Waals surface area contributed by atoms with Gasteiger partial charge in [0.2, 0.25) is 10.0 Å². The third-order valence-electron chi connectivity index (χ3n) is 5.76. The average molecular weight is 453 g/mol. The van der Waals surface area contributed by atoms with Gasteiger partial charge in [-0.05, 0) is 37.4 Å². The van der Waals surface area contributed by atoms with Gasteiger partial charge in [-0.25, -0.2) is 18.1 Å². The summed E-state index contributed by atoms with van der Waals surface area (Å²) >= 11 is 0. The minimum absolute atomic E-state index is 0.0702. The number of rotatable bonds is 7. The van der Waals surface area contributed by atoms with Crippen LogP contribution in [0.1, 0.15) is 46.6 Å². The highest BCUT2D eigenvalue weighted by Crippen LogP contribution is 2.27. The molecule has 0 bridgehead atoms. The number of nitrogens with one attached hydrogen (secondary N) is 2. The Hall–Kier alpha value is -2.97. The third-order valence-corrected chi connectivity index (χ3v) is 7.09. The summed E-state index contributed by atoms with van der Waals surface area (Å²) in [5.41, 5.74) is 4.12. The molecule has 0 radical (unpaired) electrons. The lowest BCUT2D eigenvalue weighted by Crippen LogP contribution is -2.24. The summed E-state index contributed by atoms with van der Waals surface area (Å²) in [6.45, 7) is 1.22. The van der Waals surface area contributed by atoms with Crippen molar-refractivity contribution < 1.29 is 13.2 Å². The molecule has 0 saturated heterocycles. The Morgan fingerprint density at radius 3 is 2.44 bits per heavy atom. The summed E-state index contributed by atoms with van der Waals surface area (Å²) in [6, 6.07) is 17.2. The van der Waals surface area contributed by atoms with E-state index in [1.54, 1.807) is 12.1 Å². The number of benzene rings is 2. The molecule has 0 spiro atoms. The summed E-state index contributed by atoms with van der Waals surface area (Å²) < 4.78 is 27.9. The zero-order valence-electron chi connectivity index (χ0n) is 18.2. The van der Waals surface area contributed by atoms with Gasteiger partial charge in [0.25, 0.3) is 5.91 Å². The summed E-state index contributed by atoms with van der Waals surface area (Å²) in [6.07, 6.45) is 4.13. The van der Waals surface area contributed by atoms with E-state index in [2.05, 4.69) is 14.6 Å². The Bertz CT molecular complexity index is 1190. The molecule has 2 heterocycles. The van der Waals surface area contributed by atoms with Gasteiger partial charge in [-0.1, -0.05) is 61.0 Å². The smallest absolute Gasteiger partial charge is 0.272 e. The Morgan fingerprint density at radius 1 is 1.00 bits per heavy atom. The molecule has 7 nitrogen and oxygen atoms in total. The van der Waals surface area contributed by atoms with Gasteiger partial charge in [-0.3, -0.25) is 4.79 Å². The molecule has 0 aliphatic carbocycles. The minimum atomic E-state index is -3.31. The van der Waals surface area contributed by atoms with Crippen LogP contribution in [-0.2, 0) is 35.3 Å². The van der Waals surface area contributed by atoms with Gasteiger partial charge >= 0.3 is 0 Å². The fraction of sp³-hybridized carbons (Fsp3) is 0.333. The van der Waals surface area contributed by atoms with Gasteiger partial charge in [0.1, 0.15) is 11.5 Å². The standard InChI is InChI=1S/C24H28N4O3S/c1-25-32(30,31)17-19-13-11-18(12-14-19)16-26-24(29)22-21-10-6-3-7-15-28(21)23(27-22)20-8-4-2-5-9-20/h2,4-5,8-9,11-14,25H,3,6-7,10,15-17H2,1H3,(H,26,29). The first-order valence-electron chi connectivity index (χ1n) is 10.9. The second-order valence-corrected chi connectivity index (χ2v) is 9.95. The second kappa shape index (κ2) is 9.67. The van der Waals surface area contributed by atoms with Crippen molar-refractivity contribution in [1.29, 1.82) is 0 Å². The highest BCUT2D eigenvalue weighted by atomic mass is 32.2. The Balaban J connectivity index is 1.51. The molecule has 1 aliphatic heterocycles. The second-order valence-electron chi connectivity index (χ2n) is 8.02. The SMILES string of the molecule is CNS(=O)(=O)Cc1ccc(CNC(=O)c2nc(-c3ccccc3)n3c2CCCCC3)cc1. The highest BCUT2D eigenvalue weighted by molar-refractivity contribution is 7.88. The van der Waals surface area contributed by atoms with Crippen LogP contribution in [0.4, 0.5) is 0 Å². The first kappa shape index (κ1) is 22.2. The first-order valence-corrected chi connectivity index (χ1v) is 12.5. The molecule has 8 heteroatoms. The topological polar surface area (TPSA) is 93.1 Å². The maximum Gasteiger partial charge on any atom is 0.272 e. The molecule has 2 N–H and O–H groups in total. The maximum absolute atomic E-state index is 13.1. The molecular formula is C24H28N4O3S. The molecule has 0 atom stereocenters. The molecule has 3 aromatic rings. The van der Waals surface area contributed by atoms with E-state index in [1.807, 2.05) is 42.5 Å².